The van der Waals surface area contributed by atoms with Crippen molar-refractivity contribution in [3.8, 4) is 0 Å². The van der Waals surface area contributed by atoms with Crippen molar-refractivity contribution < 1.29 is 9.59 Å². The third-order valence-corrected chi connectivity index (χ3v) is 4.30. The van der Waals surface area contributed by atoms with E-state index in [4.69, 9.17) is 0 Å². The fraction of sp³-hybridized carbons (Fsp3) is 0.182. The van der Waals surface area contributed by atoms with Crippen molar-refractivity contribution in [3.05, 3.63) is 77.6 Å². The molecule has 1 N–H and O–H groups in total. The van der Waals surface area contributed by atoms with E-state index in [0.717, 1.165) is 11.3 Å². The number of Topliss-reactive ketones (excluding diaryl/α,β-unsaturated/α-hetero) is 1. The third-order valence-electron chi connectivity index (χ3n) is 4.30. The molecule has 0 aliphatic carbocycles. The van der Waals surface area contributed by atoms with Crippen LogP contribution in [-0.4, -0.2) is 28.2 Å². The van der Waals surface area contributed by atoms with Crippen LogP contribution in [0.1, 0.15) is 40.1 Å². The predicted octanol–water partition coefficient (Wildman–Crippen LogP) is 4.40. The summed E-state index contributed by atoms with van der Waals surface area (Å²) in [5.41, 5.74) is 3.66. The summed E-state index contributed by atoms with van der Waals surface area (Å²) in [6, 6.07) is 14.9. The van der Waals surface area contributed by atoms with Crippen LogP contribution >= 0.6 is 0 Å². The maximum Gasteiger partial charge on any atom is 0.261 e. The van der Waals surface area contributed by atoms with E-state index in [1.54, 1.807) is 23.1 Å². The van der Waals surface area contributed by atoms with E-state index >= 15 is 0 Å². The van der Waals surface area contributed by atoms with Crippen LogP contribution in [0.15, 0.2) is 60.9 Å². The van der Waals surface area contributed by atoms with Crippen molar-refractivity contribution in [2.45, 2.75) is 20.8 Å². The number of nitrogens with zero attached hydrogens (tertiary/aromatic N) is 3. The van der Waals surface area contributed by atoms with Crippen LogP contribution in [0.5, 0.6) is 0 Å². The second kappa shape index (κ2) is 8.43. The normalized spacial score (nSPS) is 10.4. The molecule has 0 saturated carbocycles. The Labute approximate surface area is 164 Å². The van der Waals surface area contributed by atoms with Gasteiger partial charge >= 0.3 is 0 Å². The first-order valence-electron chi connectivity index (χ1n) is 9.06. The average Bonchev–Trinajstić information content (AvgIpc) is 2.69. The smallest absolute Gasteiger partial charge is 0.261 e. The van der Waals surface area contributed by atoms with E-state index < -0.39 is 0 Å². The number of aryl methyl sites for hydroxylation is 1. The first-order valence-corrected chi connectivity index (χ1v) is 9.06. The summed E-state index contributed by atoms with van der Waals surface area (Å²) in [6.45, 7) is 5.98. The number of carbonyl (C=O) groups is 2. The summed E-state index contributed by atoms with van der Waals surface area (Å²) in [5, 5.41) is 3.05. The Bertz CT molecular complexity index is 999. The summed E-state index contributed by atoms with van der Waals surface area (Å²) in [6.07, 6.45) is 3.01. The van der Waals surface area contributed by atoms with Gasteiger partial charge in [0.25, 0.3) is 5.91 Å². The molecule has 142 valence electrons. The lowest BCUT2D eigenvalue weighted by atomic mass is 10.1. The van der Waals surface area contributed by atoms with Crippen LogP contribution in [0.25, 0.3) is 0 Å². The number of hydrogen-bond acceptors (Lipinski definition) is 5. The van der Waals surface area contributed by atoms with Gasteiger partial charge in [0, 0.05) is 35.9 Å². The van der Waals surface area contributed by atoms with Crippen molar-refractivity contribution in [3.63, 3.8) is 0 Å². The molecule has 0 aliphatic rings. The molecule has 0 fully saturated rings. The molecule has 1 heterocycles. The highest BCUT2D eigenvalue weighted by atomic mass is 16.2. The van der Waals surface area contributed by atoms with Gasteiger partial charge in [0.05, 0.1) is 5.56 Å². The number of aromatic nitrogens is 2. The van der Waals surface area contributed by atoms with E-state index in [2.05, 4.69) is 15.3 Å². The second-order valence-electron chi connectivity index (χ2n) is 6.45. The number of hydrogen-bond donors (Lipinski definition) is 1. The Morgan fingerprint density at radius 3 is 2.36 bits per heavy atom. The molecule has 6 nitrogen and oxygen atoms in total. The van der Waals surface area contributed by atoms with E-state index in [0.29, 0.717) is 29.3 Å². The maximum atomic E-state index is 12.9. The van der Waals surface area contributed by atoms with Crippen molar-refractivity contribution in [2.24, 2.45) is 0 Å². The Kier molecular flexibility index (Phi) is 5.79. The van der Waals surface area contributed by atoms with E-state index in [1.165, 1.54) is 19.3 Å². The first kappa shape index (κ1) is 19.2. The first-order chi connectivity index (χ1) is 13.5. The molecule has 1 aromatic heterocycles. The highest BCUT2D eigenvalue weighted by molar-refractivity contribution is 6.05. The zero-order valence-electron chi connectivity index (χ0n) is 16.1. The average molecular weight is 374 g/mol. The minimum atomic E-state index is -0.154. The van der Waals surface area contributed by atoms with Gasteiger partial charge in [-0.05, 0) is 50.6 Å². The molecule has 3 rings (SSSR count). The molecule has 28 heavy (non-hydrogen) atoms. The van der Waals surface area contributed by atoms with Crippen molar-refractivity contribution in [1.82, 2.24) is 9.97 Å². The topological polar surface area (TPSA) is 75.2 Å². The highest BCUT2D eigenvalue weighted by Gasteiger charge is 2.17. The monoisotopic (exact) mass is 374 g/mol. The van der Waals surface area contributed by atoms with Crippen LogP contribution < -0.4 is 10.2 Å². The standard InChI is InChI=1S/C22H22N4O2/c1-4-26(20-10-5-7-15(2)11-20)21(28)18-13-23-22(24-14-18)25-19-9-6-8-17(12-19)16(3)27/h5-14H,4H2,1-3H3,(H,23,24,25). The number of benzene rings is 2. The SMILES string of the molecule is CCN(C(=O)c1cnc(Nc2cccc(C(C)=O)c2)nc1)c1cccc(C)c1. The van der Waals surface area contributed by atoms with Crippen LogP contribution in [-0.2, 0) is 0 Å². The molecular weight excluding hydrogens is 352 g/mol. The second-order valence-corrected chi connectivity index (χ2v) is 6.45. The molecule has 6 heteroatoms. The fourth-order valence-corrected chi connectivity index (χ4v) is 2.84. The number of rotatable bonds is 6. The fourth-order valence-electron chi connectivity index (χ4n) is 2.84. The van der Waals surface area contributed by atoms with Crippen LogP contribution in [0.3, 0.4) is 0 Å². The molecule has 2 aromatic carbocycles. The summed E-state index contributed by atoms with van der Waals surface area (Å²) in [5.74, 6) is 0.190. The number of nitrogens with one attached hydrogen (secondary N) is 1. The van der Waals surface area contributed by atoms with Crippen LogP contribution in [0.4, 0.5) is 17.3 Å². The van der Waals surface area contributed by atoms with Crippen LogP contribution in [0, 0.1) is 6.92 Å². The van der Waals surface area contributed by atoms with Gasteiger partial charge in [-0.2, -0.15) is 0 Å². The molecule has 1 amide bonds. The quantitative estimate of drug-likeness (QED) is 0.647. The summed E-state index contributed by atoms with van der Waals surface area (Å²) in [4.78, 5) is 34.5. The van der Waals surface area contributed by atoms with Crippen LogP contribution in [0.2, 0.25) is 0 Å². The summed E-state index contributed by atoms with van der Waals surface area (Å²) < 4.78 is 0. The Morgan fingerprint density at radius 2 is 1.71 bits per heavy atom. The molecule has 0 saturated heterocycles. The zero-order chi connectivity index (χ0) is 20.1. The van der Waals surface area contributed by atoms with Crippen molar-refractivity contribution >= 4 is 29.0 Å². The number of anilines is 3. The predicted molar refractivity (Wildman–Crippen MR) is 110 cm³/mol. The summed E-state index contributed by atoms with van der Waals surface area (Å²) >= 11 is 0. The maximum absolute atomic E-state index is 12.9. The highest BCUT2D eigenvalue weighted by Crippen LogP contribution is 2.19. The van der Waals surface area contributed by atoms with Gasteiger partial charge in [-0.3, -0.25) is 9.59 Å². The van der Waals surface area contributed by atoms with Gasteiger partial charge in [-0.1, -0.05) is 24.3 Å². The van der Waals surface area contributed by atoms with E-state index in [9.17, 15) is 9.59 Å². The van der Waals surface area contributed by atoms with Gasteiger partial charge in [0.15, 0.2) is 5.78 Å². The molecule has 0 spiro atoms. The number of carbonyl (C=O) groups excluding carboxylic acids is 2. The summed E-state index contributed by atoms with van der Waals surface area (Å²) in [7, 11) is 0. The zero-order valence-corrected chi connectivity index (χ0v) is 16.1. The lowest BCUT2D eigenvalue weighted by molar-refractivity contribution is 0.0985. The minimum Gasteiger partial charge on any atom is -0.324 e. The van der Waals surface area contributed by atoms with Gasteiger partial charge in [-0.15, -0.1) is 0 Å². The Balaban J connectivity index is 1.77. The van der Waals surface area contributed by atoms with E-state index in [-0.39, 0.29) is 11.7 Å². The van der Waals surface area contributed by atoms with Gasteiger partial charge in [0.1, 0.15) is 0 Å². The van der Waals surface area contributed by atoms with Gasteiger partial charge in [0.2, 0.25) is 5.95 Å². The molecule has 3 aromatic rings. The van der Waals surface area contributed by atoms with Crippen molar-refractivity contribution in [2.75, 3.05) is 16.8 Å². The van der Waals surface area contributed by atoms with E-state index in [1.807, 2.05) is 44.2 Å². The molecular formula is C22H22N4O2. The Hall–Kier alpha value is -3.54. The lowest BCUT2D eigenvalue weighted by Crippen LogP contribution is -2.30. The number of ketones is 1. The largest absolute Gasteiger partial charge is 0.324 e. The van der Waals surface area contributed by atoms with Gasteiger partial charge < -0.3 is 10.2 Å². The Morgan fingerprint density at radius 1 is 1.00 bits per heavy atom. The molecule has 0 aliphatic heterocycles. The molecule has 0 radical (unpaired) electrons. The van der Waals surface area contributed by atoms with Crippen molar-refractivity contribution in [1.29, 1.82) is 0 Å². The van der Waals surface area contributed by atoms with Gasteiger partial charge in [-0.25, -0.2) is 9.97 Å². The molecule has 0 atom stereocenters. The third kappa shape index (κ3) is 4.40. The minimum absolute atomic E-state index is 0.0127. The number of amides is 1. The lowest BCUT2D eigenvalue weighted by Gasteiger charge is -2.21. The molecule has 0 bridgehead atoms. The molecule has 0 unspecified atom stereocenters.